The molecule has 0 saturated carbocycles. The first-order chi connectivity index (χ1) is 10.8. The van der Waals surface area contributed by atoms with E-state index in [0.717, 1.165) is 18.2 Å². The molecule has 0 spiro atoms. The van der Waals surface area contributed by atoms with E-state index in [2.05, 4.69) is 0 Å². The first kappa shape index (κ1) is 14.3. The molecule has 1 aliphatic rings. The van der Waals surface area contributed by atoms with Gasteiger partial charge in [0.05, 0.1) is 15.4 Å². The number of nitrogens with two attached hydrogens (primary N) is 1. The summed E-state index contributed by atoms with van der Waals surface area (Å²) in [6.07, 6.45) is 0. The van der Waals surface area contributed by atoms with Crippen LogP contribution in [0.25, 0.3) is 0 Å². The molecule has 0 fully saturated rings. The van der Waals surface area contributed by atoms with E-state index in [4.69, 9.17) is 5.73 Å². The Morgan fingerprint density at radius 1 is 0.783 bits per heavy atom. The highest BCUT2D eigenvalue weighted by molar-refractivity contribution is 6.32. The molecule has 1 aliphatic carbocycles. The number of nitrogens with zero attached hydrogens (tertiary/aromatic N) is 2. The van der Waals surface area contributed by atoms with E-state index in [-0.39, 0.29) is 16.8 Å². The number of benzene rings is 2. The summed E-state index contributed by atoms with van der Waals surface area (Å²) in [6.45, 7) is 0. The number of hydrogen-bond acceptors (Lipinski definition) is 7. The molecule has 2 aromatic carbocycles. The smallest absolute Gasteiger partial charge is 0.281 e. The van der Waals surface area contributed by atoms with Gasteiger partial charge < -0.3 is 5.73 Å². The molecular weight excluding hydrogens is 306 g/mol. The van der Waals surface area contributed by atoms with E-state index in [9.17, 15) is 29.8 Å². The van der Waals surface area contributed by atoms with Crippen LogP contribution in [0.4, 0.5) is 17.1 Å². The molecular formula is C14H7N3O6. The van der Waals surface area contributed by atoms with Gasteiger partial charge in [-0.2, -0.15) is 0 Å². The zero-order chi connectivity index (χ0) is 16.9. The van der Waals surface area contributed by atoms with Crippen LogP contribution in [-0.2, 0) is 0 Å². The second kappa shape index (κ2) is 4.70. The maximum atomic E-state index is 12.6. The number of nitrogen functional groups attached to an aromatic ring is 1. The molecule has 0 amide bonds. The SMILES string of the molecule is Nc1ccc([N+](=O)[O-])c2c1C(=O)c1cccc([N+](=O)[O-])c1C2=O. The number of nitro benzene ring substituents is 2. The highest BCUT2D eigenvalue weighted by Gasteiger charge is 2.40. The molecule has 114 valence electrons. The molecule has 2 aromatic rings. The number of nitro groups is 2. The first-order valence-corrected chi connectivity index (χ1v) is 6.28. The van der Waals surface area contributed by atoms with E-state index >= 15 is 0 Å². The van der Waals surface area contributed by atoms with Gasteiger partial charge in [-0.15, -0.1) is 0 Å². The molecule has 0 unspecified atom stereocenters. The Morgan fingerprint density at radius 3 is 2.00 bits per heavy atom. The van der Waals surface area contributed by atoms with E-state index in [1.165, 1.54) is 12.1 Å². The van der Waals surface area contributed by atoms with Gasteiger partial charge >= 0.3 is 0 Å². The number of hydrogen-bond donors (Lipinski definition) is 1. The largest absolute Gasteiger partial charge is 0.398 e. The minimum absolute atomic E-state index is 0.0962. The monoisotopic (exact) mass is 313 g/mol. The van der Waals surface area contributed by atoms with Crippen molar-refractivity contribution in [3.8, 4) is 0 Å². The van der Waals surface area contributed by atoms with Crippen LogP contribution < -0.4 is 5.73 Å². The standard InChI is InChI=1S/C14H7N3O6/c15-7-4-5-9(17(22)23)12-11(7)13(18)6-2-1-3-8(16(20)21)10(6)14(12)19/h1-5H,15H2. The fraction of sp³-hybridized carbons (Fsp3) is 0. The zero-order valence-corrected chi connectivity index (χ0v) is 11.3. The summed E-state index contributed by atoms with van der Waals surface area (Å²) >= 11 is 0. The third kappa shape index (κ3) is 1.87. The molecule has 0 atom stereocenters. The van der Waals surface area contributed by atoms with Gasteiger partial charge in [-0.1, -0.05) is 6.07 Å². The van der Waals surface area contributed by atoms with Crippen LogP contribution in [0.5, 0.6) is 0 Å². The Labute approximate surface area is 127 Å². The Bertz CT molecular complexity index is 934. The maximum Gasteiger partial charge on any atom is 0.281 e. The Balaban J connectivity index is 2.44. The van der Waals surface area contributed by atoms with Crippen LogP contribution >= 0.6 is 0 Å². The van der Waals surface area contributed by atoms with Gasteiger partial charge in [-0.25, -0.2) is 0 Å². The Hall–Kier alpha value is -3.62. The number of fused-ring (bicyclic) bond motifs is 2. The van der Waals surface area contributed by atoms with Gasteiger partial charge in [-0.05, 0) is 12.1 Å². The van der Waals surface area contributed by atoms with Crippen molar-refractivity contribution in [3.63, 3.8) is 0 Å². The summed E-state index contributed by atoms with van der Waals surface area (Å²) < 4.78 is 0. The minimum atomic E-state index is -0.957. The molecule has 0 bridgehead atoms. The fourth-order valence-corrected chi connectivity index (χ4v) is 2.61. The van der Waals surface area contributed by atoms with Gasteiger partial charge in [0.25, 0.3) is 11.4 Å². The lowest BCUT2D eigenvalue weighted by molar-refractivity contribution is -0.385. The second-order valence-electron chi connectivity index (χ2n) is 4.80. The topological polar surface area (TPSA) is 146 Å². The minimum Gasteiger partial charge on any atom is -0.398 e. The molecule has 0 heterocycles. The maximum absolute atomic E-state index is 12.6. The van der Waals surface area contributed by atoms with Crippen LogP contribution in [0.2, 0.25) is 0 Å². The number of rotatable bonds is 2. The lowest BCUT2D eigenvalue weighted by Gasteiger charge is -2.18. The number of anilines is 1. The highest BCUT2D eigenvalue weighted by atomic mass is 16.6. The van der Waals surface area contributed by atoms with Gasteiger partial charge in [0, 0.05) is 23.4 Å². The van der Waals surface area contributed by atoms with Crippen LogP contribution in [-0.4, -0.2) is 21.4 Å². The van der Waals surface area contributed by atoms with Crippen molar-refractivity contribution in [2.75, 3.05) is 5.73 Å². The molecule has 9 heteroatoms. The molecule has 0 aromatic heterocycles. The van der Waals surface area contributed by atoms with E-state index in [0.29, 0.717) is 0 Å². The van der Waals surface area contributed by atoms with E-state index < -0.39 is 43.9 Å². The summed E-state index contributed by atoms with van der Waals surface area (Å²) in [5.41, 5.74) is 2.95. The molecule has 9 nitrogen and oxygen atoms in total. The zero-order valence-electron chi connectivity index (χ0n) is 11.3. The average molecular weight is 313 g/mol. The van der Waals surface area contributed by atoms with Crippen molar-refractivity contribution in [2.24, 2.45) is 0 Å². The molecule has 0 radical (unpaired) electrons. The van der Waals surface area contributed by atoms with Crippen molar-refractivity contribution in [1.82, 2.24) is 0 Å². The van der Waals surface area contributed by atoms with Gasteiger partial charge in [0.1, 0.15) is 11.1 Å². The van der Waals surface area contributed by atoms with Crippen LogP contribution in [0.1, 0.15) is 31.8 Å². The van der Waals surface area contributed by atoms with Crippen molar-refractivity contribution in [3.05, 3.63) is 72.8 Å². The summed E-state index contributed by atoms with van der Waals surface area (Å²) in [7, 11) is 0. The lowest BCUT2D eigenvalue weighted by Crippen LogP contribution is -2.24. The molecule has 2 N–H and O–H groups in total. The van der Waals surface area contributed by atoms with Crippen LogP contribution in [0, 0.1) is 20.2 Å². The van der Waals surface area contributed by atoms with Crippen molar-refractivity contribution in [1.29, 1.82) is 0 Å². The van der Waals surface area contributed by atoms with E-state index in [1.54, 1.807) is 0 Å². The third-order valence-electron chi connectivity index (χ3n) is 3.58. The quantitative estimate of drug-likeness (QED) is 0.431. The predicted molar refractivity (Wildman–Crippen MR) is 77.5 cm³/mol. The van der Waals surface area contributed by atoms with Crippen molar-refractivity contribution < 1.29 is 19.4 Å². The normalized spacial score (nSPS) is 12.5. The predicted octanol–water partition coefficient (Wildman–Crippen LogP) is 1.86. The fourth-order valence-electron chi connectivity index (χ4n) is 2.61. The molecule has 3 rings (SSSR count). The van der Waals surface area contributed by atoms with Crippen molar-refractivity contribution >= 4 is 28.6 Å². The van der Waals surface area contributed by atoms with Gasteiger partial charge in [0.2, 0.25) is 5.78 Å². The second-order valence-corrected chi connectivity index (χ2v) is 4.80. The average Bonchev–Trinajstić information content (AvgIpc) is 2.51. The first-order valence-electron chi connectivity index (χ1n) is 6.28. The summed E-state index contributed by atoms with van der Waals surface area (Å²) in [6, 6.07) is 5.74. The Kier molecular flexibility index (Phi) is 2.93. The number of ketones is 2. The molecule has 0 saturated heterocycles. The number of carbonyl (C=O) groups excluding carboxylic acids is 2. The van der Waals surface area contributed by atoms with Crippen LogP contribution in [0.3, 0.4) is 0 Å². The summed E-state index contributed by atoms with van der Waals surface area (Å²) in [5.74, 6) is -1.71. The molecule has 0 aliphatic heterocycles. The molecule has 23 heavy (non-hydrogen) atoms. The van der Waals surface area contributed by atoms with Gasteiger partial charge in [0.15, 0.2) is 5.78 Å². The number of carbonyl (C=O) groups is 2. The summed E-state index contributed by atoms with van der Waals surface area (Å²) in [5, 5.41) is 22.2. The van der Waals surface area contributed by atoms with Crippen LogP contribution in [0.15, 0.2) is 30.3 Å². The van der Waals surface area contributed by atoms with Gasteiger partial charge in [-0.3, -0.25) is 29.8 Å². The Morgan fingerprint density at radius 2 is 1.39 bits per heavy atom. The van der Waals surface area contributed by atoms with Crippen molar-refractivity contribution in [2.45, 2.75) is 0 Å². The van der Waals surface area contributed by atoms with E-state index in [1.807, 2.05) is 0 Å². The summed E-state index contributed by atoms with van der Waals surface area (Å²) in [4.78, 5) is 45.8. The highest BCUT2D eigenvalue weighted by Crippen LogP contribution is 2.39. The third-order valence-corrected chi connectivity index (χ3v) is 3.58. The lowest BCUT2D eigenvalue weighted by atomic mass is 9.81.